The van der Waals surface area contributed by atoms with Crippen LogP contribution in [0.3, 0.4) is 0 Å². The van der Waals surface area contributed by atoms with Crippen LogP contribution in [0.25, 0.3) is 0 Å². The van der Waals surface area contributed by atoms with Crippen molar-refractivity contribution in [2.45, 2.75) is 38.6 Å². The quantitative estimate of drug-likeness (QED) is 0.592. The van der Waals surface area contributed by atoms with E-state index in [2.05, 4.69) is 11.9 Å². The van der Waals surface area contributed by atoms with Gasteiger partial charge in [-0.05, 0) is 19.8 Å². The zero-order valence-electron chi connectivity index (χ0n) is 12.2. The van der Waals surface area contributed by atoms with Crippen molar-refractivity contribution in [2.24, 2.45) is 0 Å². The first kappa shape index (κ1) is 17.8. The standard InChI is InChI=1S/C9H17NO2.C7H10/c1-12-7-6-10-8-4-2-3-5-9(8)11;1-3-5-7-6-4-2/h8,10H,2-7H2,1H3;3-7H,1H2,2H3/b;6-4-,7-5-. The third-order valence-electron chi connectivity index (χ3n) is 2.80. The second-order valence-electron chi connectivity index (χ2n) is 4.36. The van der Waals surface area contributed by atoms with Crippen LogP contribution in [0.4, 0.5) is 0 Å². The molecule has 0 bridgehead atoms. The maximum absolute atomic E-state index is 11.3. The Kier molecular flexibility index (Phi) is 12.4. The minimum absolute atomic E-state index is 0.105. The summed E-state index contributed by atoms with van der Waals surface area (Å²) in [4.78, 5) is 11.3. The van der Waals surface area contributed by atoms with Gasteiger partial charge in [0.1, 0.15) is 5.78 Å². The number of Topliss-reactive ketones (excluding diaryl/α,β-unsaturated/α-hetero) is 1. The fraction of sp³-hybridized carbons (Fsp3) is 0.562. The van der Waals surface area contributed by atoms with Crippen molar-refractivity contribution in [1.29, 1.82) is 0 Å². The van der Waals surface area contributed by atoms with Crippen LogP contribution in [0.2, 0.25) is 0 Å². The van der Waals surface area contributed by atoms with Crippen LogP contribution in [-0.2, 0) is 9.53 Å². The van der Waals surface area contributed by atoms with Crippen LogP contribution in [0.15, 0.2) is 37.0 Å². The Balaban J connectivity index is 0.000000399. The molecule has 1 aliphatic rings. The van der Waals surface area contributed by atoms with Gasteiger partial charge in [-0.25, -0.2) is 0 Å². The Morgan fingerprint density at radius 3 is 2.74 bits per heavy atom. The van der Waals surface area contributed by atoms with Gasteiger partial charge in [-0.2, -0.15) is 0 Å². The van der Waals surface area contributed by atoms with Gasteiger partial charge >= 0.3 is 0 Å². The van der Waals surface area contributed by atoms with E-state index >= 15 is 0 Å². The SMILES string of the molecule is C=C/C=C\C=C/C.COCCNC1CCCCC1=O. The lowest BCUT2D eigenvalue weighted by molar-refractivity contribution is -0.122. The molecule has 19 heavy (non-hydrogen) atoms. The van der Waals surface area contributed by atoms with Crippen LogP contribution in [0.1, 0.15) is 32.6 Å². The fourth-order valence-corrected chi connectivity index (χ4v) is 1.79. The molecule has 1 rings (SSSR count). The molecule has 1 atom stereocenters. The lowest BCUT2D eigenvalue weighted by Gasteiger charge is -2.21. The molecule has 0 spiro atoms. The summed E-state index contributed by atoms with van der Waals surface area (Å²) >= 11 is 0. The van der Waals surface area contributed by atoms with E-state index in [-0.39, 0.29) is 6.04 Å². The van der Waals surface area contributed by atoms with Gasteiger partial charge in [0.2, 0.25) is 0 Å². The van der Waals surface area contributed by atoms with Gasteiger partial charge in [0.15, 0.2) is 0 Å². The van der Waals surface area contributed by atoms with Gasteiger partial charge in [-0.15, -0.1) is 0 Å². The fourth-order valence-electron chi connectivity index (χ4n) is 1.79. The number of hydrogen-bond donors (Lipinski definition) is 1. The topological polar surface area (TPSA) is 38.3 Å². The number of hydrogen-bond acceptors (Lipinski definition) is 3. The van der Waals surface area contributed by atoms with E-state index in [1.54, 1.807) is 13.2 Å². The summed E-state index contributed by atoms with van der Waals surface area (Å²) in [6.07, 6.45) is 13.5. The second kappa shape index (κ2) is 13.2. The normalized spacial score (nSPS) is 19.5. The van der Waals surface area contributed by atoms with Crippen LogP contribution in [-0.4, -0.2) is 32.1 Å². The zero-order valence-corrected chi connectivity index (χ0v) is 12.2. The summed E-state index contributed by atoms with van der Waals surface area (Å²) in [5.74, 6) is 0.373. The van der Waals surface area contributed by atoms with Gasteiger partial charge in [0.05, 0.1) is 12.6 Å². The molecule has 108 valence electrons. The lowest BCUT2D eigenvalue weighted by Crippen LogP contribution is -2.40. The Bertz CT molecular complexity index is 295. The Labute approximate surface area is 117 Å². The van der Waals surface area contributed by atoms with Gasteiger partial charge in [-0.3, -0.25) is 4.79 Å². The first-order valence-corrected chi connectivity index (χ1v) is 6.91. The van der Waals surface area contributed by atoms with Crippen LogP contribution >= 0.6 is 0 Å². The molecule has 0 aromatic heterocycles. The molecule has 0 aromatic carbocycles. The van der Waals surface area contributed by atoms with Crippen molar-refractivity contribution < 1.29 is 9.53 Å². The van der Waals surface area contributed by atoms with Crippen molar-refractivity contribution in [1.82, 2.24) is 5.32 Å². The molecular formula is C16H27NO2. The molecule has 0 saturated heterocycles. The van der Waals surface area contributed by atoms with E-state index in [0.29, 0.717) is 12.4 Å². The van der Waals surface area contributed by atoms with Gasteiger partial charge in [0.25, 0.3) is 0 Å². The number of ether oxygens (including phenoxy) is 1. The smallest absolute Gasteiger partial charge is 0.149 e. The lowest BCUT2D eigenvalue weighted by atomic mass is 9.94. The monoisotopic (exact) mass is 265 g/mol. The van der Waals surface area contributed by atoms with E-state index in [0.717, 1.165) is 25.8 Å². The number of nitrogens with one attached hydrogen (secondary N) is 1. The first-order valence-electron chi connectivity index (χ1n) is 6.91. The largest absolute Gasteiger partial charge is 0.383 e. The van der Waals surface area contributed by atoms with Crippen molar-refractivity contribution in [2.75, 3.05) is 20.3 Å². The van der Waals surface area contributed by atoms with Gasteiger partial charge in [0, 0.05) is 20.1 Å². The summed E-state index contributed by atoms with van der Waals surface area (Å²) in [5.41, 5.74) is 0. The predicted octanol–water partition coefficient (Wildman–Crippen LogP) is 3.04. The maximum Gasteiger partial charge on any atom is 0.149 e. The molecule has 1 unspecified atom stereocenters. The molecule has 1 aliphatic carbocycles. The highest BCUT2D eigenvalue weighted by Crippen LogP contribution is 2.13. The van der Waals surface area contributed by atoms with Crippen LogP contribution < -0.4 is 5.32 Å². The third-order valence-corrected chi connectivity index (χ3v) is 2.80. The number of rotatable bonds is 6. The minimum Gasteiger partial charge on any atom is -0.383 e. The molecule has 0 amide bonds. The number of methoxy groups -OCH3 is 1. The Hall–Kier alpha value is -1.19. The average molecular weight is 265 g/mol. The van der Waals surface area contributed by atoms with E-state index < -0.39 is 0 Å². The van der Waals surface area contributed by atoms with Crippen LogP contribution in [0.5, 0.6) is 0 Å². The number of carbonyl (C=O) groups excluding carboxylic acids is 1. The highest BCUT2D eigenvalue weighted by Gasteiger charge is 2.20. The molecule has 1 fully saturated rings. The zero-order chi connectivity index (χ0) is 14.3. The van der Waals surface area contributed by atoms with E-state index in [4.69, 9.17) is 4.74 Å². The Morgan fingerprint density at radius 2 is 2.16 bits per heavy atom. The summed E-state index contributed by atoms with van der Waals surface area (Å²) in [6.45, 7) is 6.96. The molecule has 1 N–H and O–H groups in total. The first-order chi connectivity index (χ1) is 9.26. The van der Waals surface area contributed by atoms with Crippen molar-refractivity contribution >= 4 is 5.78 Å². The summed E-state index contributed by atoms with van der Waals surface area (Å²) in [5, 5.41) is 3.20. The van der Waals surface area contributed by atoms with E-state index in [9.17, 15) is 4.79 Å². The number of allylic oxidation sites excluding steroid dienone is 5. The van der Waals surface area contributed by atoms with Crippen molar-refractivity contribution in [3.63, 3.8) is 0 Å². The highest BCUT2D eigenvalue weighted by atomic mass is 16.5. The number of ketones is 1. The number of carbonyl (C=O) groups is 1. The van der Waals surface area contributed by atoms with Gasteiger partial charge < -0.3 is 10.1 Å². The van der Waals surface area contributed by atoms with E-state index in [1.165, 1.54) is 6.42 Å². The van der Waals surface area contributed by atoms with Gasteiger partial charge in [-0.1, -0.05) is 43.4 Å². The molecule has 0 aliphatic heterocycles. The van der Waals surface area contributed by atoms with E-state index in [1.807, 2.05) is 31.2 Å². The summed E-state index contributed by atoms with van der Waals surface area (Å²) in [7, 11) is 1.67. The molecule has 0 aromatic rings. The molecule has 0 heterocycles. The van der Waals surface area contributed by atoms with Crippen LogP contribution in [0, 0.1) is 0 Å². The molecular weight excluding hydrogens is 238 g/mol. The summed E-state index contributed by atoms with van der Waals surface area (Å²) < 4.78 is 4.89. The van der Waals surface area contributed by atoms with Crippen molar-refractivity contribution in [3.8, 4) is 0 Å². The molecule has 3 nitrogen and oxygen atoms in total. The molecule has 1 saturated carbocycles. The summed E-state index contributed by atoms with van der Waals surface area (Å²) in [6, 6.07) is 0.105. The highest BCUT2D eigenvalue weighted by molar-refractivity contribution is 5.84. The average Bonchev–Trinajstić information content (AvgIpc) is 2.43. The molecule has 0 radical (unpaired) electrons. The third kappa shape index (κ3) is 10.4. The van der Waals surface area contributed by atoms with Crippen molar-refractivity contribution in [3.05, 3.63) is 37.0 Å². The minimum atomic E-state index is 0.105. The second-order valence-corrected chi connectivity index (χ2v) is 4.36. The molecule has 3 heteroatoms. The predicted molar refractivity (Wildman–Crippen MR) is 81.3 cm³/mol. The maximum atomic E-state index is 11.3. The Morgan fingerprint density at radius 1 is 1.37 bits per heavy atom.